The molecule has 88 valence electrons. The predicted octanol–water partition coefficient (Wildman–Crippen LogP) is 2.43. The van der Waals surface area contributed by atoms with Gasteiger partial charge in [-0.25, -0.2) is 4.98 Å². The van der Waals surface area contributed by atoms with Gasteiger partial charge in [-0.2, -0.15) is 0 Å². The van der Waals surface area contributed by atoms with Crippen molar-refractivity contribution >= 4 is 34.4 Å². The van der Waals surface area contributed by atoms with Crippen molar-refractivity contribution in [3.8, 4) is 0 Å². The van der Waals surface area contributed by atoms with E-state index in [9.17, 15) is 0 Å². The average Bonchev–Trinajstić information content (AvgIpc) is 2.82. The summed E-state index contributed by atoms with van der Waals surface area (Å²) >= 11 is 6.65. The number of rotatable bonds is 5. The summed E-state index contributed by atoms with van der Waals surface area (Å²) in [6.07, 6.45) is 0.997. The first-order valence-corrected chi connectivity index (χ1v) is 6.57. The molecule has 0 aromatic carbocycles. The number of nitrogens with one attached hydrogen (secondary N) is 1. The van der Waals surface area contributed by atoms with Gasteiger partial charge in [-0.15, -0.1) is 11.3 Å². The molecule has 0 aliphatic carbocycles. The number of nitrogens with two attached hydrogens (primary N) is 1. The molecule has 0 aliphatic rings. The fourth-order valence-electron chi connectivity index (χ4n) is 1.44. The second-order valence-electron chi connectivity index (χ2n) is 3.53. The Morgan fingerprint density at radius 1 is 1.35 bits per heavy atom. The van der Waals surface area contributed by atoms with Gasteiger partial charge in [0.2, 0.25) is 0 Å². The summed E-state index contributed by atoms with van der Waals surface area (Å²) in [5, 5.41) is 5.34. The van der Waals surface area contributed by atoms with Crippen LogP contribution in [0.15, 0.2) is 35.7 Å². The van der Waals surface area contributed by atoms with Gasteiger partial charge in [0.1, 0.15) is 10.8 Å². The molecule has 2 aromatic heterocycles. The minimum Gasteiger partial charge on any atom is -0.388 e. The predicted molar refractivity (Wildman–Crippen MR) is 76.6 cm³/mol. The van der Waals surface area contributed by atoms with Crippen LogP contribution in [-0.4, -0.2) is 16.5 Å². The van der Waals surface area contributed by atoms with E-state index in [0.29, 0.717) is 10.7 Å². The third-order valence-electron chi connectivity index (χ3n) is 2.26. The molecule has 17 heavy (non-hydrogen) atoms. The van der Waals surface area contributed by atoms with Crippen LogP contribution in [0.3, 0.4) is 0 Å². The number of hydrogen-bond donors (Lipinski definition) is 2. The molecular weight excluding hydrogens is 250 g/mol. The molecule has 0 fully saturated rings. The maximum absolute atomic E-state index is 5.53. The van der Waals surface area contributed by atoms with Crippen LogP contribution in [0.5, 0.6) is 0 Å². The first kappa shape index (κ1) is 12.0. The smallest absolute Gasteiger partial charge is 0.126 e. The summed E-state index contributed by atoms with van der Waals surface area (Å²) in [6.45, 7) is 0.855. The summed E-state index contributed by atoms with van der Waals surface area (Å²) < 4.78 is 0. The fraction of sp³-hybridized carbons (Fsp3) is 0.167. The molecule has 0 spiro atoms. The Morgan fingerprint density at radius 2 is 2.24 bits per heavy atom. The molecule has 5 heteroatoms. The van der Waals surface area contributed by atoms with Crippen LogP contribution in [0.1, 0.15) is 10.6 Å². The molecule has 2 heterocycles. The standard InChI is InChI=1S/C12H13N3S2/c13-12(16)10-4-1-5-11(15-10)14-7-6-9-3-2-8-17-9/h1-5,8H,6-7H2,(H2,13,16)(H,14,15). The Balaban J connectivity index is 1.90. The van der Waals surface area contributed by atoms with Crippen LogP contribution in [0.2, 0.25) is 0 Å². The highest BCUT2D eigenvalue weighted by Crippen LogP contribution is 2.10. The van der Waals surface area contributed by atoms with Crippen molar-refractivity contribution in [2.75, 3.05) is 11.9 Å². The van der Waals surface area contributed by atoms with Crippen LogP contribution >= 0.6 is 23.6 Å². The molecule has 0 saturated carbocycles. The van der Waals surface area contributed by atoms with Gasteiger partial charge >= 0.3 is 0 Å². The Hall–Kier alpha value is -1.46. The molecule has 0 atom stereocenters. The van der Waals surface area contributed by atoms with Crippen molar-refractivity contribution < 1.29 is 0 Å². The van der Waals surface area contributed by atoms with E-state index in [1.54, 1.807) is 11.3 Å². The number of thiophene rings is 1. The minimum absolute atomic E-state index is 0.326. The van der Waals surface area contributed by atoms with Crippen LogP contribution < -0.4 is 11.1 Å². The van der Waals surface area contributed by atoms with E-state index in [-0.39, 0.29) is 0 Å². The average molecular weight is 263 g/mol. The zero-order valence-corrected chi connectivity index (χ0v) is 10.9. The normalized spacial score (nSPS) is 10.1. The van der Waals surface area contributed by atoms with E-state index in [1.807, 2.05) is 18.2 Å². The van der Waals surface area contributed by atoms with Crippen molar-refractivity contribution in [2.24, 2.45) is 5.73 Å². The second-order valence-corrected chi connectivity index (χ2v) is 5.00. The molecule has 0 saturated heterocycles. The zero-order valence-electron chi connectivity index (χ0n) is 9.22. The highest BCUT2D eigenvalue weighted by atomic mass is 32.1. The Bertz CT molecular complexity index is 494. The summed E-state index contributed by atoms with van der Waals surface area (Å²) in [5.74, 6) is 0.812. The lowest BCUT2D eigenvalue weighted by atomic mass is 10.3. The lowest BCUT2D eigenvalue weighted by Crippen LogP contribution is -2.13. The first-order chi connectivity index (χ1) is 8.25. The molecule has 2 rings (SSSR count). The van der Waals surface area contributed by atoms with Gasteiger partial charge in [0.15, 0.2) is 0 Å². The number of anilines is 1. The Morgan fingerprint density at radius 3 is 2.94 bits per heavy atom. The molecule has 0 radical (unpaired) electrons. The van der Waals surface area contributed by atoms with E-state index in [1.165, 1.54) is 4.88 Å². The van der Waals surface area contributed by atoms with Crippen LogP contribution in [0.25, 0.3) is 0 Å². The summed E-state index contributed by atoms with van der Waals surface area (Å²) in [4.78, 5) is 6.01. The number of thiocarbonyl (C=S) groups is 1. The quantitative estimate of drug-likeness (QED) is 0.814. The third-order valence-corrected chi connectivity index (χ3v) is 3.40. The lowest BCUT2D eigenvalue weighted by molar-refractivity contribution is 1.03. The highest BCUT2D eigenvalue weighted by Gasteiger charge is 2.00. The molecule has 3 N–H and O–H groups in total. The largest absolute Gasteiger partial charge is 0.388 e. The third kappa shape index (κ3) is 3.51. The molecule has 3 nitrogen and oxygen atoms in total. The second kappa shape index (κ2) is 5.75. The Labute approximate surface area is 110 Å². The fourth-order valence-corrected chi connectivity index (χ4v) is 2.26. The van der Waals surface area contributed by atoms with E-state index in [0.717, 1.165) is 18.8 Å². The van der Waals surface area contributed by atoms with E-state index < -0.39 is 0 Å². The van der Waals surface area contributed by atoms with Crippen LogP contribution in [0.4, 0.5) is 5.82 Å². The van der Waals surface area contributed by atoms with Gasteiger partial charge in [0.05, 0.1) is 5.69 Å². The summed E-state index contributed by atoms with van der Waals surface area (Å²) in [7, 11) is 0. The number of pyridine rings is 1. The van der Waals surface area contributed by atoms with Gasteiger partial charge in [-0.3, -0.25) is 0 Å². The van der Waals surface area contributed by atoms with Gasteiger partial charge < -0.3 is 11.1 Å². The molecule has 2 aromatic rings. The van der Waals surface area contributed by atoms with Crippen LogP contribution in [0, 0.1) is 0 Å². The van der Waals surface area contributed by atoms with Gasteiger partial charge in [0, 0.05) is 11.4 Å². The number of hydrogen-bond acceptors (Lipinski definition) is 4. The molecule has 0 amide bonds. The molecule has 0 bridgehead atoms. The SMILES string of the molecule is NC(=S)c1cccc(NCCc2cccs2)n1. The number of nitrogens with zero attached hydrogens (tertiary/aromatic N) is 1. The summed E-state index contributed by atoms with van der Waals surface area (Å²) in [5.41, 5.74) is 6.19. The van der Waals surface area contributed by atoms with Crippen molar-refractivity contribution in [3.63, 3.8) is 0 Å². The first-order valence-electron chi connectivity index (χ1n) is 5.29. The lowest BCUT2D eigenvalue weighted by Gasteiger charge is -2.05. The van der Waals surface area contributed by atoms with Crippen molar-refractivity contribution in [1.82, 2.24) is 4.98 Å². The van der Waals surface area contributed by atoms with Crippen molar-refractivity contribution in [1.29, 1.82) is 0 Å². The summed E-state index contributed by atoms with van der Waals surface area (Å²) in [6, 6.07) is 9.81. The van der Waals surface area contributed by atoms with E-state index in [2.05, 4.69) is 27.8 Å². The monoisotopic (exact) mass is 263 g/mol. The molecule has 0 unspecified atom stereocenters. The van der Waals surface area contributed by atoms with Crippen molar-refractivity contribution in [2.45, 2.75) is 6.42 Å². The van der Waals surface area contributed by atoms with Crippen molar-refractivity contribution in [3.05, 3.63) is 46.3 Å². The maximum Gasteiger partial charge on any atom is 0.126 e. The van der Waals surface area contributed by atoms with Gasteiger partial charge in [0.25, 0.3) is 0 Å². The van der Waals surface area contributed by atoms with Crippen LogP contribution in [-0.2, 0) is 6.42 Å². The Kier molecular flexibility index (Phi) is 4.06. The van der Waals surface area contributed by atoms with Gasteiger partial charge in [-0.05, 0) is 30.0 Å². The van der Waals surface area contributed by atoms with E-state index >= 15 is 0 Å². The molecular formula is C12H13N3S2. The number of aromatic nitrogens is 1. The van der Waals surface area contributed by atoms with E-state index in [4.69, 9.17) is 18.0 Å². The topological polar surface area (TPSA) is 50.9 Å². The molecule has 0 aliphatic heterocycles. The van der Waals surface area contributed by atoms with Gasteiger partial charge in [-0.1, -0.05) is 24.4 Å². The highest BCUT2D eigenvalue weighted by molar-refractivity contribution is 7.80. The zero-order chi connectivity index (χ0) is 12.1. The minimum atomic E-state index is 0.326. The maximum atomic E-state index is 5.53.